The number of nitrogens with one attached hydrogen (secondary N) is 1. The quantitative estimate of drug-likeness (QED) is 0.303. The molecule has 150 valence electrons. The molecule has 0 spiro atoms. The zero-order chi connectivity index (χ0) is 21.5. The number of halogens is 1. The molecule has 0 heterocycles. The minimum Gasteiger partial charge on any atom is -0.355 e. The largest absolute Gasteiger partial charge is 0.355 e. The van der Waals surface area contributed by atoms with Crippen molar-refractivity contribution >= 4 is 29.3 Å². The number of anilines is 1. The van der Waals surface area contributed by atoms with Gasteiger partial charge >= 0.3 is 0 Å². The molecule has 0 saturated heterocycles. The van der Waals surface area contributed by atoms with Crippen LogP contribution in [-0.4, -0.2) is 6.29 Å². The van der Waals surface area contributed by atoms with E-state index in [1.54, 1.807) is 6.08 Å². The molecule has 2 aromatic carbocycles. The van der Waals surface area contributed by atoms with Crippen molar-refractivity contribution in [2.45, 2.75) is 33.6 Å². The first-order chi connectivity index (χ1) is 14.0. The number of hydrogen-bond donors (Lipinski definition) is 1. The van der Waals surface area contributed by atoms with E-state index in [0.717, 1.165) is 29.7 Å². The zero-order valence-corrected chi connectivity index (χ0v) is 18.0. The molecular weight excluding hydrogens is 378 g/mol. The van der Waals surface area contributed by atoms with Gasteiger partial charge in [0.1, 0.15) is 6.29 Å². The maximum atomic E-state index is 10.6. The van der Waals surface area contributed by atoms with Crippen LogP contribution in [0.2, 0.25) is 0 Å². The van der Waals surface area contributed by atoms with Crippen LogP contribution < -0.4 is 5.32 Å². The van der Waals surface area contributed by atoms with E-state index in [1.165, 1.54) is 17.2 Å². The number of hydrogen-bond acceptors (Lipinski definition) is 2. The predicted octanol–water partition coefficient (Wildman–Crippen LogP) is 7.05. The monoisotopic (exact) mass is 405 g/mol. The van der Waals surface area contributed by atoms with Crippen LogP contribution in [0.15, 0.2) is 77.9 Å². The first kappa shape index (κ1) is 24.0. The van der Waals surface area contributed by atoms with Crippen LogP contribution >= 0.6 is 11.6 Å². The first-order valence-corrected chi connectivity index (χ1v) is 9.91. The van der Waals surface area contributed by atoms with Gasteiger partial charge in [-0.05, 0) is 49.1 Å². The van der Waals surface area contributed by atoms with Gasteiger partial charge in [0.25, 0.3) is 0 Å². The van der Waals surface area contributed by atoms with E-state index in [0.29, 0.717) is 11.5 Å². The summed E-state index contributed by atoms with van der Waals surface area (Å²) in [4.78, 5) is 10.6. The molecule has 0 fully saturated rings. The summed E-state index contributed by atoms with van der Waals surface area (Å²) in [5, 5.41) is 4.05. The van der Waals surface area contributed by atoms with E-state index in [4.69, 9.17) is 18.0 Å². The second kappa shape index (κ2) is 14.0. The minimum absolute atomic E-state index is 0.405. The fraction of sp³-hybridized carbons (Fsp3) is 0.192. The van der Waals surface area contributed by atoms with Gasteiger partial charge in [-0.15, -0.1) is 6.42 Å². The molecule has 0 aromatic heterocycles. The lowest BCUT2D eigenvalue weighted by Gasteiger charge is -2.14. The highest BCUT2D eigenvalue weighted by molar-refractivity contribution is 6.31. The van der Waals surface area contributed by atoms with Crippen LogP contribution in [0.5, 0.6) is 0 Å². The van der Waals surface area contributed by atoms with Gasteiger partial charge in [0.2, 0.25) is 0 Å². The lowest BCUT2D eigenvalue weighted by molar-refractivity contribution is -0.107. The van der Waals surface area contributed by atoms with Crippen LogP contribution in [0.4, 0.5) is 5.69 Å². The van der Waals surface area contributed by atoms with Crippen molar-refractivity contribution in [2.75, 3.05) is 5.32 Å². The summed E-state index contributed by atoms with van der Waals surface area (Å²) in [6.45, 7) is 6.18. The Morgan fingerprint density at radius 3 is 2.52 bits per heavy atom. The highest BCUT2D eigenvalue weighted by atomic mass is 35.5. The normalized spacial score (nSPS) is 11.4. The number of benzene rings is 2. The van der Waals surface area contributed by atoms with Gasteiger partial charge in [-0.2, -0.15) is 0 Å². The number of aryl methyl sites for hydroxylation is 2. The first-order valence-electron chi connectivity index (χ1n) is 9.53. The Bertz CT molecular complexity index is 902. The van der Waals surface area contributed by atoms with Gasteiger partial charge in [-0.1, -0.05) is 79.1 Å². The molecule has 0 aliphatic carbocycles. The molecule has 0 aliphatic rings. The van der Waals surface area contributed by atoms with E-state index in [2.05, 4.69) is 43.3 Å². The van der Waals surface area contributed by atoms with Crippen molar-refractivity contribution in [3.05, 3.63) is 94.6 Å². The molecule has 1 N–H and O–H groups in total. The predicted molar refractivity (Wildman–Crippen MR) is 127 cm³/mol. The lowest BCUT2D eigenvalue weighted by atomic mass is 10.1. The number of carbonyl (C=O) groups is 1. The molecule has 0 amide bonds. The summed E-state index contributed by atoms with van der Waals surface area (Å²) in [5.74, 6) is 2.33. The Morgan fingerprint density at radius 1 is 1.17 bits per heavy atom. The molecular formula is C26H28ClNO. The Morgan fingerprint density at radius 2 is 1.90 bits per heavy atom. The summed E-state index contributed by atoms with van der Waals surface area (Å²) in [5.41, 5.74) is 5.51. The van der Waals surface area contributed by atoms with Crippen LogP contribution in [-0.2, 0) is 4.79 Å². The molecule has 0 aliphatic heterocycles. The number of aldehydes is 1. The Hall–Kier alpha value is -3.02. The fourth-order valence-electron chi connectivity index (χ4n) is 2.40. The summed E-state index contributed by atoms with van der Waals surface area (Å²) in [7, 11) is 0. The summed E-state index contributed by atoms with van der Waals surface area (Å²) < 4.78 is 0. The van der Waals surface area contributed by atoms with E-state index in [1.807, 2.05) is 49.4 Å². The van der Waals surface area contributed by atoms with Crippen molar-refractivity contribution in [2.24, 2.45) is 0 Å². The van der Waals surface area contributed by atoms with Crippen molar-refractivity contribution in [3.8, 4) is 12.3 Å². The second-order valence-electron chi connectivity index (χ2n) is 6.34. The summed E-state index contributed by atoms with van der Waals surface area (Å²) in [6.07, 6.45) is 14.4. The van der Waals surface area contributed by atoms with Gasteiger partial charge in [0.15, 0.2) is 0 Å². The molecule has 0 saturated carbocycles. The van der Waals surface area contributed by atoms with E-state index in [-0.39, 0.29) is 0 Å². The summed E-state index contributed by atoms with van der Waals surface area (Å²) >= 11 is 5.59. The molecule has 2 rings (SSSR count). The molecule has 2 nitrogen and oxygen atoms in total. The minimum atomic E-state index is 0.405. The van der Waals surface area contributed by atoms with Gasteiger partial charge in [0, 0.05) is 28.9 Å². The third-order valence-electron chi connectivity index (χ3n) is 3.90. The van der Waals surface area contributed by atoms with Crippen molar-refractivity contribution < 1.29 is 4.79 Å². The lowest BCUT2D eigenvalue weighted by Crippen LogP contribution is -2.01. The van der Waals surface area contributed by atoms with Crippen molar-refractivity contribution in [1.82, 2.24) is 0 Å². The number of rotatable bonds is 7. The maximum absolute atomic E-state index is 10.6. The van der Waals surface area contributed by atoms with E-state index in [9.17, 15) is 4.79 Å². The van der Waals surface area contributed by atoms with Gasteiger partial charge in [-0.25, -0.2) is 0 Å². The average molecular weight is 406 g/mol. The number of carbonyl (C=O) groups excluding carboxylic acids is 1. The van der Waals surface area contributed by atoms with E-state index < -0.39 is 0 Å². The zero-order valence-electron chi connectivity index (χ0n) is 17.3. The smallest absolute Gasteiger partial charge is 0.123 e. The number of allylic oxidation sites excluding steroid dienone is 5. The van der Waals surface area contributed by atoms with Crippen LogP contribution in [0.1, 0.15) is 36.5 Å². The van der Waals surface area contributed by atoms with Crippen LogP contribution in [0, 0.1) is 26.2 Å². The third kappa shape index (κ3) is 9.65. The third-order valence-corrected chi connectivity index (χ3v) is 4.13. The molecule has 29 heavy (non-hydrogen) atoms. The van der Waals surface area contributed by atoms with Crippen LogP contribution in [0.25, 0.3) is 5.70 Å². The van der Waals surface area contributed by atoms with E-state index >= 15 is 0 Å². The summed E-state index contributed by atoms with van der Waals surface area (Å²) in [6, 6.07) is 16.4. The van der Waals surface area contributed by atoms with Crippen LogP contribution in [0.3, 0.4) is 0 Å². The maximum Gasteiger partial charge on any atom is 0.123 e. The highest BCUT2D eigenvalue weighted by Crippen LogP contribution is 2.23. The number of terminal acetylenes is 1. The van der Waals surface area contributed by atoms with Gasteiger partial charge in [0.05, 0.1) is 0 Å². The Balaban J connectivity index is 0.000000396. The van der Waals surface area contributed by atoms with Crippen molar-refractivity contribution in [1.29, 1.82) is 0 Å². The molecule has 0 atom stereocenters. The molecule has 2 aromatic rings. The van der Waals surface area contributed by atoms with Crippen molar-refractivity contribution in [3.63, 3.8) is 0 Å². The molecule has 0 bridgehead atoms. The molecule has 0 unspecified atom stereocenters. The van der Waals surface area contributed by atoms with Gasteiger partial charge < -0.3 is 10.1 Å². The SMILES string of the molecule is C#C/C=C(Cl)\C=C/CC.Cc1ccc(C)c(N/C(=C\CC=O)c2ccccc2)c1. The Labute approximate surface area is 180 Å². The Kier molecular flexibility index (Phi) is 11.6. The highest BCUT2D eigenvalue weighted by Gasteiger charge is 2.04. The average Bonchev–Trinajstić information content (AvgIpc) is 2.73. The molecule has 3 heteroatoms. The standard InChI is InChI=1S/C18H19NO.C8H9Cl/c1-14-10-11-15(2)18(13-14)19-17(9-6-12-20)16-7-4-3-5-8-16;1-3-5-7-8(9)6-4-2/h3-5,7-13,19H,6H2,1-2H3;2,5-7H,3H2,1H3/b17-9-;7-5-,8-6+. The van der Waals surface area contributed by atoms with Gasteiger partial charge in [-0.3, -0.25) is 0 Å². The topological polar surface area (TPSA) is 29.1 Å². The second-order valence-corrected chi connectivity index (χ2v) is 6.77. The molecule has 0 radical (unpaired) electrons. The fourth-order valence-corrected chi connectivity index (χ4v) is 2.55.